The zero-order valence-electron chi connectivity index (χ0n) is 39.7. The van der Waals surface area contributed by atoms with Crippen LogP contribution in [0.4, 0.5) is 0 Å². The van der Waals surface area contributed by atoms with E-state index in [1.807, 2.05) is 0 Å². The van der Waals surface area contributed by atoms with Crippen molar-refractivity contribution in [3.8, 4) is 0 Å². The van der Waals surface area contributed by atoms with E-state index in [1.165, 1.54) is 0 Å². The van der Waals surface area contributed by atoms with Crippen LogP contribution < -0.4 is 0 Å². The van der Waals surface area contributed by atoms with E-state index in [4.69, 9.17) is 66.1 Å². The lowest BCUT2D eigenvalue weighted by molar-refractivity contribution is -0.404. The molecule has 22 aliphatic heterocycles. The number of hydrogen-bond donors (Lipinski definition) is 18. The molecule has 22 rings (SSSR count). The Morgan fingerprint density at radius 3 is 0.800 bits per heavy atom. The van der Waals surface area contributed by atoms with Crippen molar-refractivity contribution in [3.63, 3.8) is 0 Å². The molecule has 33 nitrogen and oxygen atoms in total. The van der Waals surface area contributed by atoms with Crippen molar-refractivity contribution in [1.82, 2.24) is 0 Å². The van der Waals surface area contributed by atoms with Crippen LogP contribution in [0.1, 0.15) is 19.3 Å². The molecule has 22 heterocycles. The van der Waals surface area contributed by atoms with Crippen LogP contribution in [0.25, 0.3) is 0 Å². The quantitative estimate of drug-likeness (QED) is 0.0601. The molecule has 34 heteroatoms. The lowest BCUT2D eigenvalue weighted by atomic mass is 9.94. The van der Waals surface area contributed by atoms with Crippen LogP contribution in [0.15, 0.2) is 0 Å². The minimum absolute atomic E-state index is 0.0268. The normalized spacial score (nSPS) is 50.4. The standard InChI is InChI=1S/C41H70O33S/c42-6-12-29-18(48)23(53)36(63-12)70-30-13(7-43)65-38(25(55)20(30)50)72-32-15(9-45)67-40(27(57)22(32)52)74-34-17(11-47)68-41(28(58)35(34)62-4-2-1-3-5-75(59,60)61)73-33-16(10-46)66-39(26(56)21(33)51)71-31-14(8-44)64-37(69-29)24(54)19(31)49/h12-58H,1-11H2,(H,59,60,61)/t12-,13-,14-,15-,16-,17-,18-,19-,20-,21-,22-,23-,24-,25-,26-,27-,28-,29-,30-,31-,32-,33-,34+,35-,36-,37-,38-,39-,40-,41-/m1/s1. The summed E-state index contributed by atoms with van der Waals surface area (Å²) in [5.41, 5.74) is 0. The Hall–Kier alpha value is -1.29. The lowest BCUT2D eigenvalue weighted by Crippen LogP contribution is -2.69. The van der Waals surface area contributed by atoms with Crippen molar-refractivity contribution in [2.24, 2.45) is 0 Å². The number of rotatable bonds is 13. The monoisotopic (exact) mass is 1120 g/mol. The van der Waals surface area contributed by atoms with Crippen LogP contribution in [0.3, 0.4) is 0 Å². The maximum atomic E-state index is 11.8. The van der Waals surface area contributed by atoms with Crippen molar-refractivity contribution < 1.29 is 161 Å². The number of ether oxygens (including phenoxy) is 13. The Kier molecular flexibility index (Phi) is 21.7. The SMILES string of the molecule is O=S(=O)(O)CCCCCO[C@@H]1[C@@H](O)[C@H]2O[C@H]3[C@H](O)[C@@H](O)[C@@H](O[C@H]4[C@H](O)[C@@H](O)[C@@H](O[C@H]5[C@H](O)[C@@H](O)[C@@H](O[C@H]6[C@H](O)[C@@H](O)[C@@H](O[C@H]7[C@H](O)[C@@H](O)[C@@H](O[C@H]1[C@@H](CO)O2)O[C@@H]7CO)O[C@@H]6CO)O[C@@H]5CO)O[C@@H]4CO)O[C@@H]3CO. The molecule has 12 bridgehead atoms. The van der Waals surface area contributed by atoms with Gasteiger partial charge in [-0.05, 0) is 12.8 Å². The molecule has 0 aliphatic carbocycles. The van der Waals surface area contributed by atoms with Crippen molar-refractivity contribution in [2.75, 3.05) is 52.0 Å². The van der Waals surface area contributed by atoms with Crippen molar-refractivity contribution in [1.29, 1.82) is 0 Å². The molecule has 22 fully saturated rings. The van der Waals surface area contributed by atoms with Gasteiger partial charge < -0.3 is 148 Å². The summed E-state index contributed by atoms with van der Waals surface area (Å²) in [6.45, 7) is -6.42. The molecule has 0 saturated carbocycles. The molecule has 75 heavy (non-hydrogen) atoms. The zero-order chi connectivity index (χ0) is 54.8. The Bertz CT molecular complexity index is 1850. The van der Waals surface area contributed by atoms with E-state index in [2.05, 4.69) is 0 Å². The summed E-state index contributed by atoms with van der Waals surface area (Å²) in [6, 6.07) is 0. The van der Waals surface area contributed by atoms with Crippen molar-refractivity contribution >= 4 is 10.1 Å². The Balaban J connectivity index is 1.21. The maximum absolute atomic E-state index is 11.8. The van der Waals surface area contributed by atoms with Gasteiger partial charge in [-0.15, -0.1) is 0 Å². The summed E-state index contributed by atoms with van der Waals surface area (Å²) in [5.74, 6) is -0.593. The summed E-state index contributed by atoms with van der Waals surface area (Å²) in [6.07, 6.45) is -58.4. The zero-order valence-corrected chi connectivity index (χ0v) is 40.5. The summed E-state index contributed by atoms with van der Waals surface area (Å²) < 4.78 is 107. The average molecular weight is 1120 g/mol. The highest BCUT2D eigenvalue weighted by Crippen LogP contribution is 2.38. The third-order valence-corrected chi connectivity index (χ3v) is 14.8. The minimum atomic E-state index is -4.32. The van der Waals surface area contributed by atoms with Gasteiger partial charge in [0.15, 0.2) is 37.7 Å². The molecule has 438 valence electrons. The fraction of sp³-hybridized carbons (Fsp3) is 1.00. The molecule has 0 amide bonds. The number of hydrogen-bond acceptors (Lipinski definition) is 32. The van der Waals surface area contributed by atoms with Crippen molar-refractivity contribution in [3.05, 3.63) is 0 Å². The topological polar surface area (TPSA) is 518 Å². The van der Waals surface area contributed by atoms with Crippen LogP contribution in [0.2, 0.25) is 0 Å². The van der Waals surface area contributed by atoms with E-state index in [1.54, 1.807) is 0 Å². The molecule has 0 aromatic heterocycles. The van der Waals surface area contributed by atoms with E-state index in [9.17, 15) is 95.2 Å². The minimum Gasteiger partial charge on any atom is -0.394 e. The molecule has 0 spiro atoms. The summed E-state index contributed by atoms with van der Waals surface area (Å²) in [4.78, 5) is 0. The first kappa shape index (κ1) is 61.3. The van der Waals surface area contributed by atoms with Crippen LogP contribution in [0, 0.1) is 0 Å². The Morgan fingerprint density at radius 1 is 0.307 bits per heavy atom. The first-order valence-electron chi connectivity index (χ1n) is 24.2. The molecule has 0 unspecified atom stereocenters. The number of aliphatic hydroxyl groups is 17. The van der Waals surface area contributed by atoms with E-state index < -0.39 is 240 Å². The van der Waals surface area contributed by atoms with Gasteiger partial charge in [-0.3, -0.25) is 4.55 Å². The van der Waals surface area contributed by atoms with Crippen molar-refractivity contribution in [2.45, 2.75) is 203 Å². The van der Waals surface area contributed by atoms with Gasteiger partial charge in [-0.1, -0.05) is 6.42 Å². The van der Waals surface area contributed by atoms with E-state index in [0.29, 0.717) is 0 Å². The first-order valence-corrected chi connectivity index (χ1v) is 25.8. The van der Waals surface area contributed by atoms with Crippen LogP contribution in [0.5, 0.6) is 0 Å². The summed E-state index contributed by atoms with van der Waals surface area (Å²) >= 11 is 0. The Labute approximate surface area is 426 Å². The van der Waals surface area contributed by atoms with Gasteiger partial charge in [-0.25, -0.2) is 0 Å². The van der Waals surface area contributed by atoms with Gasteiger partial charge in [0.05, 0.1) is 45.4 Å². The molecule has 30 atom stereocenters. The molecule has 22 aliphatic rings. The van der Waals surface area contributed by atoms with Gasteiger partial charge in [0.25, 0.3) is 10.1 Å². The molecule has 0 aromatic rings. The molecule has 0 aromatic carbocycles. The third-order valence-electron chi connectivity index (χ3n) is 14.0. The molecule has 18 N–H and O–H groups in total. The highest BCUT2D eigenvalue weighted by molar-refractivity contribution is 7.85. The first-order chi connectivity index (χ1) is 35.6. The van der Waals surface area contributed by atoms with Gasteiger partial charge in [0.1, 0.15) is 146 Å². The molecule has 22 saturated heterocycles. The highest BCUT2D eigenvalue weighted by Gasteiger charge is 2.59. The fourth-order valence-electron chi connectivity index (χ4n) is 9.89. The molecular formula is C41H70O33S. The second kappa shape index (κ2) is 26.5. The van der Waals surface area contributed by atoms with Crippen LogP contribution in [-0.2, 0) is 71.7 Å². The van der Waals surface area contributed by atoms with Gasteiger partial charge in [0, 0.05) is 6.61 Å². The van der Waals surface area contributed by atoms with E-state index in [0.717, 1.165) is 0 Å². The predicted molar refractivity (Wildman–Crippen MR) is 230 cm³/mol. The number of unbranched alkanes of at least 4 members (excludes halogenated alkanes) is 2. The third kappa shape index (κ3) is 13.4. The largest absolute Gasteiger partial charge is 0.394 e. The predicted octanol–water partition coefficient (Wildman–Crippen LogP) is -12.0. The van der Waals surface area contributed by atoms with Crippen LogP contribution >= 0.6 is 0 Å². The lowest BCUT2D eigenvalue weighted by Gasteiger charge is -2.51. The summed E-state index contributed by atoms with van der Waals surface area (Å²) in [7, 11) is -4.32. The fourth-order valence-corrected chi connectivity index (χ4v) is 10.5. The number of aliphatic hydroxyl groups excluding tert-OH is 17. The van der Waals surface area contributed by atoms with Gasteiger partial charge in [-0.2, -0.15) is 8.42 Å². The highest BCUT2D eigenvalue weighted by atomic mass is 32.2. The second-order valence-corrected chi connectivity index (χ2v) is 20.6. The second-order valence-electron chi connectivity index (χ2n) is 19.0. The molecular weight excluding hydrogens is 1050 g/mol. The van der Waals surface area contributed by atoms with Gasteiger partial charge in [0.2, 0.25) is 0 Å². The van der Waals surface area contributed by atoms with Crippen LogP contribution in [-0.4, -0.2) is 336 Å². The Morgan fingerprint density at radius 2 is 0.547 bits per heavy atom. The molecule has 0 radical (unpaired) electrons. The smallest absolute Gasteiger partial charge is 0.264 e. The average Bonchev–Trinajstić information content (AvgIpc) is 3.38. The summed E-state index contributed by atoms with van der Waals surface area (Å²) in [5, 5.41) is 188. The van der Waals surface area contributed by atoms with Gasteiger partial charge >= 0.3 is 0 Å². The van der Waals surface area contributed by atoms with E-state index in [-0.39, 0.29) is 25.9 Å². The maximum Gasteiger partial charge on any atom is 0.264 e. The van der Waals surface area contributed by atoms with E-state index >= 15 is 0 Å².